The van der Waals surface area contributed by atoms with E-state index < -0.39 is 0 Å². The molecule has 0 spiro atoms. The number of aromatic nitrogens is 3. The number of aryl methyl sites for hydroxylation is 1. The Hall–Kier alpha value is -2.37. The van der Waals surface area contributed by atoms with Gasteiger partial charge in [-0.1, -0.05) is 25.3 Å². The Morgan fingerprint density at radius 3 is 2.88 bits per heavy atom. The lowest BCUT2D eigenvalue weighted by molar-refractivity contribution is -0.116. The first-order valence-corrected chi connectivity index (χ1v) is 8.61. The third kappa shape index (κ3) is 3.93. The highest BCUT2D eigenvalue weighted by molar-refractivity contribution is 5.89. The van der Waals surface area contributed by atoms with Crippen molar-refractivity contribution in [2.24, 2.45) is 5.92 Å². The third-order valence-electron chi connectivity index (χ3n) is 4.66. The van der Waals surface area contributed by atoms with Crippen molar-refractivity contribution in [3.05, 3.63) is 46.5 Å². The smallest absolute Gasteiger partial charge is 0.253 e. The van der Waals surface area contributed by atoms with Gasteiger partial charge in [-0.3, -0.25) is 9.59 Å². The molecular formula is C18H24N4O2. The number of nitrogens with one attached hydrogen (secondary N) is 1. The number of rotatable bonds is 5. The molecule has 0 aromatic carbocycles. The summed E-state index contributed by atoms with van der Waals surface area (Å²) in [7, 11) is 0. The lowest BCUT2D eigenvalue weighted by atomic mass is 9.89. The molecule has 6 heteroatoms. The fourth-order valence-electron chi connectivity index (χ4n) is 3.32. The highest BCUT2D eigenvalue weighted by Crippen LogP contribution is 2.25. The van der Waals surface area contributed by atoms with Crippen LogP contribution in [0.1, 0.15) is 37.7 Å². The van der Waals surface area contributed by atoms with Gasteiger partial charge in [0, 0.05) is 24.4 Å². The molecule has 2 aromatic rings. The lowest BCUT2D eigenvalue weighted by Crippen LogP contribution is -2.29. The van der Waals surface area contributed by atoms with Crippen LogP contribution in [-0.4, -0.2) is 20.3 Å². The van der Waals surface area contributed by atoms with E-state index in [-0.39, 0.29) is 18.0 Å². The van der Waals surface area contributed by atoms with Gasteiger partial charge in [-0.15, -0.1) is 0 Å². The van der Waals surface area contributed by atoms with Gasteiger partial charge in [-0.2, -0.15) is 5.10 Å². The molecule has 1 saturated carbocycles. The Morgan fingerprint density at radius 2 is 2.08 bits per heavy atom. The largest absolute Gasteiger partial charge is 0.309 e. The first-order chi connectivity index (χ1) is 11.6. The highest BCUT2D eigenvalue weighted by Gasteiger charge is 2.16. The van der Waals surface area contributed by atoms with Crippen molar-refractivity contribution in [2.75, 3.05) is 5.32 Å². The maximum absolute atomic E-state index is 12.3. The van der Waals surface area contributed by atoms with Gasteiger partial charge in [-0.25, -0.2) is 4.68 Å². The van der Waals surface area contributed by atoms with Crippen molar-refractivity contribution in [1.29, 1.82) is 0 Å². The monoisotopic (exact) mass is 328 g/mol. The molecule has 0 saturated heterocycles. The number of pyridine rings is 1. The molecule has 1 amide bonds. The van der Waals surface area contributed by atoms with E-state index in [9.17, 15) is 9.59 Å². The molecule has 2 aromatic heterocycles. The Labute approximate surface area is 141 Å². The second-order valence-corrected chi connectivity index (χ2v) is 6.58. The second-order valence-electron chi connectivity index (χ2n) is 6.58. The van der Waals surface area contributed by atoms with Gasteiger partial charge in [0.15, 0.2) is 0 Å². The molecule has 1 N–H and O–H groups in total. The molecule has 24 heavy (non-hydrogen) atoms. The first-order valence-electron chi connectivity index (χ1n) is 8.61. The summed E-state index contributed by atoms with van der Waals surface area (Å²) < 4.78 is 3.29. The molecular weight excluding hydrogens is 304 g/mol. The minimum atomic E-state index is -0.215. The number of hydrogen-bond acceptors (Lipinski definition) is 3. The molecule has 2 heterocycles. The average molecular weight is 328 g/mol. The molecule has 128 valence electrons. The van der Waals surface area contributed by atoms with Gasteiger partial charge in [0.2, 0.25) is 5.91 Å². The third-order valence-corrected chi connectivity index (χ3v) is 4.66. The Balaban J connectivity index is 1.63. The number of hydrogen-bond donors (Lipinski definition) is 1. The zero-order chi connectivity index (χ0) is 16.9. The Morgan fingerprint density at radius 1 is 1.29 bits per heavy atom. The molecule has 1 fully saturated rings. The van der Waals surface area contributed by atoms with E-state index in [0.29, 0.717) is 17.3 Å². The predicted octanol–water partition coefficient (Wildman–Crippen LogP) is 2.57. The Kier molecular flexibility index (Phi) is 5.13. The fourth-order valence-corrected chi connectivity index (χ4v) is 3.32. The van der Waals surface area contributed by atoms with Gasteiger partial charge in [0.05, 0.1) is 6.20 Å². The van der Waals surface area contributed by atoms with Crippen LogP contribution < -0.4 is 10.9 Å². The van der Waals surface area contributed by atoms with Crippen LogP contribution in [0, 0.1) is 12.8 Å². The zero-order valence-corrected chi connectivity index (χ0v) is 14.1. The van der Waals surface area contributed by atoms with E-state index in [1.807, 2.05) is 4.68 Å². The minimum absolute atomic E-state index is 0.00905. The minimum Gasteiger partial charge on any atom is -0.309 e. The number of amides is 1. The van der Waals surface area contributed by atoms with E-state index in [1.54, 1.807) is 37.5 Å². The quantitative estimate of drug-likeness (QED) is 0.917. The summed E-state index contributed by atoms with van der Waals surface area (Å²) in [6.07, 6.45) is 9.68. The topological polar surface area (TPSA) is 68.9 Å². The van der Waals surface area contributed by atoms with Crippen LogP contribution in [-0.2, 0) is 17.9 Å². The van der Waals surface area contributed by atoms with Crippen LogP contribution in [0.5, 0.6) is 0 Å². The summed E-state index contributed by atoms with van der Waals surface area (Å²) in [4.78, 5) is 24.3. The summed E-state index contributed by atoms with van der Waals surface area (Å²) in [5.41, 5.74) is 0.496. The van der Waals surface area contributed by atoms with E-state index in [0.717, 1.165) is 6.54 Å². The van der Waals surface area contributed by atoms with Crippen molar-refractivity contribution in [1.82, 2.24) is 14.3 Å². The lowest BCUT2D eigenvalue weighted by Gasteiger charge is -2.22. The molecule has 0 radical (unpaired) electrons. The number of anilines is 1. The molecule has 0 unspecified atom stereocenters. The van der Waals surface area contributed by atoms with Crippen molar-refractivity contribution in [3.63, 3.8) is 0 Å². The van der Waals surface area contributed by atoms with Crippen molar-refractivity contribution in [2.45, 2.75) is 52.1 Å². The molecule has 0 bridgehead atoms. The zero-order valence-electron chi connectivity index (χ0n) is 14.1. The number of carbonyl (C=O) groups excluding carboxylic acids is 1. The fraction of sp³-hybridized carbons (Fsp3) is 0.500. The summed E-state index contributed by atoms with van der Waals surface area (Å²) >= 11 is 0. The van der Waals surface area contributed by atoms with E-state index >= 15 is 0 Å². The van der Waals surface area contributed by atoms with Crippen LogP contribution in [0.4, 0.5) is 5.82 Å². The summed E-state index contributed by atoms with van der Waals surface area (Å²) in [6, 6.07) is 5.33. The van der Waals surface area contributed by atoms with Gasteiger partial charge in [0.1, 0.15) is 12.4 Å². The maximum atomic E-state index is 12.3. The van der Waals surface area contributed by atoms with Crippen LogP contribution >= 0.6 is 0 Å². The van der Waals surface area contributed by atoms with Crippen molar-refractivity contribution < 1.29 is 4.79 Å². The number of nitrogens with zero attached hydrogens (tertiary/aromatic N) is 3. The molecule has 0 atom stereocenters. The summed E-state index contributed by atoms with van der Waals surface area (Å²) in [5, 5.41) is 7.21. The van der Waals surface area contributed by atoms with Crippen molar-refractivity contribution in [3.8, 4) is 0 Å². The maximum Gasteiger partial charge on any atom is 0.253 e. The van der Waals surface area contributed by atoms with E-state index in [2.05, 4.69) is 10.4 Å². The van der Waals surface area contributed by atoms with Crippen LogP contribution in [0.15, 0.2) is 35.4 Å². The average Bonchev–Trinajstić information content (AvgIpc) is 2.99. The SMILES string of the molecule is Cc1cccn(CC(=O)Nc2ccnn2CC2CCCCC2)c1=O. The summed E-state index contributed by atoms with van der Waals surface area (Å²) in [5.74, 6) is 1.12. The summed E-state index contributed by atoms with van der Waals surface area (Å²) in [6.45, 7) is 2.60. The van der Waals surface area contributed by atoms with Crippen LogP contribution in [0.3, 0.4) is 0 Å². The first kappa shape index (κ1) is 16.5. The van der Waals surface area contributed by atoms with Crippen LogP contribution in [0.25, 0.3) is 0 Å². The molecule has 3 rings (SSSR count). The van der Waals surface area contributed by atoms with Crippen LogP contribution in [0.2, 0.25) is 0 Å². The van der Waals surface area contributed by atoms with Gasteiger partial charge < -0.3 is 9.88 Å². The second kappa shape index (κ2) is 7.47. The molecule has 1 aliphatic rings. The van der Waals surface area contributed by atoms with Gasteiger partial charge >= 0.3 is 0 Å². The predicted molar refractivity (Wildman–Crippen MR) is 92.9 cm³/mol. The van der Waals surface area contributed by atoms with E-state index in [4.69, 9.17) is 0 Å². The van der Waals surface area contributed by atoms with Gasteiger partial charge in [-0.05, 0) is 31.7 Å². The normalized spacial score (nSPS) is 15.4. The molecule has 0 aliphatic heterocycles. The Bertz CT molecular complexity index is 756. The van der Waals surface area contributed by atoms with Gasteiger partial charge in [0.25, 0.3) is 5.56 Å². The highest BCUT2D eigenvalue weighted by atomic mass is 16.2. The molecule has 6 nitrogen and oxygen atoms in total. The van der Waals surface area contributed by atoms with E-state index in [1.165, 1.54) is 36.7 Å². The standard InChI is InChI=1S/C18H24N4O2/c1-14-6-5-11-21(18(14)24)13-17(23)20-16-9-10-19-22(16)12-15-7-3-2-4-8-15/h5-6,9-11,15H,2-4,7-8,12-13H2,1H3,(H,20,23). The van der Waals surface area contributed by atoms with Crippen molar-refractivity contribution >= 4 is 11.7 Å². The molecule has 1 aliphatic carbocycles. The number of carbonyl (C=O) groups is 1.